The second-order valence-electron chi connectivity index (χ2n) is 5.81. The van der Waals surface area contributed by atoms with E-state index in [0.717, 1.165) is 21.1 Å². The monoisotopic (exact) mass is 278 g/mol. The van der Waals surface area contributed by atoms with Crippen LogP contribution in [0.5, 0.6) is 5.75 Å². The maximum atomic E-state index is 12.7. The third-order valence-corrected chi connectivity index (χ3v) is 4.24. The van der Waals surface area contributed by atoms with E-state index in [0.29, 0.717) is 12.1 Å². The van der Waals surface area contributed by atoms with Crippen LogP contribution in [0.2, 0.25) is 0 Å². The molecule has 1 N–H and O–H groups in total. The van der Waals surface area contributed by atoms with Gasteiger partial charge in [0.15, 0.2) is 0 Å². The molecule has 20 heavy (non-hydrogen) atoms. The number of hydrogen-bond acceptors (Lipinski definition) is 4. The first kappa shape index (κ1) is 14.8. The summed E-state index contributed by atoms with van der Waals surface area (Å²) in [5.41, 5.74) is -0.339. The van der Waals surface area contributed by atoms with Gasteiger partial charge in [-0.1, -0.05) is 6.92 Å². The van der Waals surface area contributed by atoms with Gasteiger partial charge in [-0.3, -0.25) is 0 Å². The van der Waals surface area contributed by atoms with Crippen LogP contribution in [0, 0.1) is 5.21 Å². The first-order valence-corrected chi connectivity index (χ1v) is 6.77. The van der Waals surface area contributed by atoms with Crippen molar-refractivity contribution in [3.05, 3.63) is 35.0 Å². The lowest BCUT2D eigenvalue weighted by Crippen LogP contribution is -2.52. The fourth-order valence-corrected chi connectivity index (χ4v) is 2.79. The number of rotatable bonds is 3. The van der Waals surface area contributed by atoms with Crippen LogP contribution in [0.1, 0.15) is 39.7 Å². The van der Waals surface area contributed by atoms with Gasteiger partial charge in [0.05, 0.1) is 7.11 Å². The predicted molar refractivity (Wildman–Crippen MR) is 77.1 cm³/mol. The van der Waals surface area contributed by atoms with Gasteiger partial charge >= 0.3 is 0 Å². The zero-order valence-electron chi connectivity index (χ0n) is 12.7. The van der Waals surface area contributed by atoms with Crippen LogP contribution in [-0.4, -0.2) is 39.0 Å². The molecule has 0 spiro atoms. The zero-order valence-corrected chi connectivity index (χ0v) is 12.7. The number of benzene rings is 1. The van der Waals surface area contributed by atoms with E-state index in [1.54, 1.807) is 14.0 Å². The van der Waals surface area contributed by atoms with Crippen molar-refractivity contribution >= 4 is 5.71 Å². The van der Waals surface area contributed by atoms with E-state index in [-0.39, 0.29) is 0 Å². The fourth-order valence-electron chi connectivity index (χ4n) is 2.79. The zero-order chi connectivity index (χ0) is 15.1. The summed E-state index contributed by atoms with van der Waals surface area (Å²) in [6.45, 7) is 7.33. The van der Waals surface area contributed by atoms with Gasteiger partial charge in [0, 0.05) is 18.9 Å². The van der Waals surface area contributed by atoms with Gasteiger partial charge in [-0.25, -0.2) is 0 Å². The molecule has 0 unspecified atom stereocenters. The number of methoxy groups -OCH3 is 1. The smallest absolute Gasteiger partial charge is 0.248 e. The summed E-state index contributed by atoms with van der Waals surface area (Å²) >= 11 is 0. The first-order valence-electron chi connectivity index (χ1n) is 6.77. The molecule has 1 aliphatic rings. The third kappa shape index (κ3) is 1.89. The molecule has 5 nitrogen and oxygen atoms in total. The standard InChI is InChI=1S/C15H22N2O3/c1-6-15(4)16(18)13(14(2,3)17(15)19)11-7-9-12(20-5)10-8-11/h7-10,19H,6H2,1-5H3/t15-/m1/s1. The van der Waals surface area contributed by atoms with Crippen molar-refractivity contribution in [1.29, 1.82) is 0 Å². The molecule has 5 heteroatoms. The van der Waals surface area contributed by atoms with Crippen LogP contribution in [0.25, 0.3) is 0 Å². The predicted octanol–water partition coefficient (Wildman–Crippen LogP) is 2.60. The van der Waals surface area contributed by atoms with E-state index in [4.69, 9.17) is 4.74 Å². The van der Waals surface area contributed by atoms with Gasteiger partial charge < -0.3 is 15.2 Å². The van der Waals surface area contributed by atoms with Crippen molar-refractivity contribution in [2.45, 2.75) is 45.3 Å². The highest BCUT2D eigenvalue weighted by Gasteiger charge is 2.58. The Labute approximate surface area is 119 Å². The van der Waals surface area contributed by atoms with Crippen LogP contribution < -0.4 is 4.74 Å². The van der Waals surface area contributed by atoms with Crippen LogP contribution in [-0.2, 0) is 0 Å². The number of hydrogen-bond donors (Lipinski definition) is 1. The number of ether oxygens (including phenoxy) is 1. The van der Waals surface area contributed by atoms with Crippen LogP contribution >= 0.6 is 0 Å². The Kier molecular flexibility index (Phi) is 3.52. The van der Waals surface area contributed by atoms with Crippen LogP contribution in [0.4, 0.5) is 0 Å². The van der Waals surface area contributed by atoms with Crippen molar-refractivity contribution in [3.63, 3.8) is 0 Å². The van der Waals surface area contributed by atoms with Crippen molar-refractivity contribution in [1.82, 2.24) is 5.06 Å². The van der Waals surface area contributed by atoms with Gasteiger partial charge in [-0.05, 0) is 38.1 Å². The lowest BCUT2D eigenvalue weighted by atomic mass is 9.92. The Morgan fingerprint density at radius 1 is 1.25 bits per heavy atom. The molecule has 0 fully saturated rings. The summed E-state index contributed by atoms with van der Waals surface area (Å²) in [5.74, 6) is 0.738. The molecule has 1 aromatic carbocycles. The van der Waals surface area contributed by atoms with E-state index < -0.39 is 11.2 Å². The van der Waals surface area contributed by atoms with E-state index in [9.17, 15) is 10.4 Å². The second kappa shape index (κ2) is 4.75. The quantitative estimate of drug-likeness (QED) is 0.682. The molecular weight excluding hydrogens is 256 g/mol. The van der Waals surface area contributed by atoms with E-state index >= 15 is 0 Å². The average Bonchev–Trinajstić information content (AvgIpc) is 2.58. The molecule has 0 radical (unpaired) electrons. The van der Waals surface area contributed by atoms with E-state index in [1.165, 1.54) is 0 Å². The third-order valence-electron chi connectivity index (χ3n) is 4.24. The lowest BCUT2D eigenvalue weighted by Gasteiger charge is -2.32. The average molecular weight is 278 g/mol. The van der Waals surface area contributed by atoms with Gasteiger partial charge in [-0.15, -0.1) is 5.06 Å². The number of hydroxylamine groups is 3. The summed E-state index contributed by atoms with van der Waals surface area (Å²) < 4.78 is 6.06. The minimum Gasteiger partial charge on any atom is -0.622 e. The fraction of sp³-hybridized carbons (Fsp3) is 0.533. The summed E-state index contributed by atoms with van der Waals surface area (Å²) in [7, 11) is 1.60. The van der Waals surface area contributed by atoms with Gasteiger partial charge in [0.2, 0.25) is 11.4 Å². The Balaban J connectivity index is 2.57. The van der Waals surface area contributed by atoms with Crippen LogP contribution in [0.15, 0.2) is 24.3 Å². The molecular formula is C15H22N2O3. The van der Waals surface area contributed by atoms with E-state index in [2.05, 4.69) is 0 Å². The first-order chi connectivity index (χ1) is 9.29. The molecule has 1 aromatic rings. The summed E-state index contributed by atoms with van der Waals surface area (Å²) in [6.07, 6.45) is 0.524. The van der Waals surface area contributed by atoms with Gasteiger partial charge in [0.1, 0.15) is 11.3 Å². The molecule has 0 saturated heterocycles. The molecule has 1 atom stereocenters. The Bertz CT molecular complexity index is 537. The largest absolute Gasteiger partial charge is 0.622 e. The Morgan fingerprint density at radius 3 is 2.20 bits per heavy atom. The highest BCUT2D eigenvalue weighted by Crippen LogP contribution is 2.37. The van der Waals surface area contributed by atoms with Crippen molar-refractivity contribution < 1.29 is 14.7 Å². The molecule has 0 saturated carbocycles. The number of nitrogens with zero attached hydrogens (tertiary/aromatic N) is 2. The van der Waals surface area contributed by atoms with Crippen molar-refractivity contribution in [2.24, 2.45) is 0 Å². The van der Waals surface area contributed by atoms with Crippen molar-refractivity contribution in [2.75, 3.05) is 7.11 Å². The van der Waals surface area contributed by atoms with Gasteiger partial charge in [-0.2, -0.15) is 4.74 Å². The highest BCUT2D eigenvalue weighted by molar-refractivity contribution is 6.04. The summed E-state index contributed by atoms with van der Waals surface area (Å²) in [4.78, 5) is 0. The topological polar surface area (TPSA) is 58.8 Å². The maximum Gasteiger partial charge on any atom is 0.248 e. The molecule has 1 heterocycles. The molecule has 0 bridgehead atoms. The molecule has 0 amide bonds. The minimum absolute atomic E-state index is 0.524. The minimum atomic E-state index is -0.946. The summed E-state index contributed by atoms with van der Waals surface area (Å²) in [6, 6.07) is 7.32. The molecule has 1 aliphatic heterocycles. The molecule has 110 valence electrons. The van der Waals surface area contributed by atoms with Crippen molar-refractivity contribution in [3.8, 4) is 5.75 Å². The molecule has 2 rings (SSSR count). The maximum absolute atomic E-state index is 12.7. The van der Waals surface area contributed by atoms with Gasteiger partial charge in [0.25, 0.3) is 0 Å². The SMILES string of the molecule is CC[C@@]1(C)N(O)C(C)(C)C(c2ccc(OC)cc2)=[N+]1[O-]. The Morgan fingerprint density at radius 2 is 1.80 bits per heavy atom. The normalized spacial score (nSPS) is 26.1. The summed E-state index contributed by atoms with van der Waals surface area (Å²) in [5, 5.41) is 24.3. The molecule has 0 aliphatic carbocycles. The van der Waals surface area contributed by atoms with E-state index in [1.807, 2.05) is 45.0 Å². The molecule has 0 aromatic heterocycles. The lowest BCUT2D eigenvalue weighted by molar-refractivity contribution is -0.586. The Hall–Kier alpha value is -1.59. The second-order valence-corrected chi connectivity index (χ2v) is 5.81. The van der Waals surface area contributed by atoms with Crippen LogP contribution in [0.3, 0.4) is 0 Å². The highest BCUT2D eigenvalue weighted by atomic mass is 16.6.